The molecule has 54 heavy (non-hydrogen) atoms. The molecule has 16 heteroatoms. The van der Waals surface area contributed by atoms with E-state index in [2.05, 4.69) is 5.32 Å². The van der Waals surface area contributed by atoms with Gasteiger partial charge in [-0.15, -0.1) is 0 Å². The van der Waals surface area contributed by atoms with Gasteiger partial charge in [0.15, 0.2) is 0 Å². The number of hydrogen-bond donors (Lipinski definition) is 7. The van der Waals surface area contributed by atoms with Gasteiger partial charge in [-0.05, 0) is 49.6 Å². The molecule has 1 aliphatic carbocycles. The SMILES string of the molecule is CCC(C)c1cc2c(O)c3ccc4c(OC)c5c(c(O)c4c3c(O)c2c(=O)n1CC(=O)N1CC(C(=O)O)NC(=O)C1C)C(=O)c1c(O)ccc(O)c1C5=O. The monoisotopic (exact) mass is 739 g/mol. The van der Waals surface area contributed by atoms with Crippen LogP contribution >= 0.6 is 0 Å². The fraction of sp³-hybridized carbons (Fsp3) is 0.263. The number of amides is 2. The number of phenolic OH excluding ortho intramolecular Hbond substituents is 5. The Bertz CT molecular complexity index is 2640. The van der Waals surface area contributed by atoms with E-state index in [1.807, 2.05) is 6.92 Å². The zero-order valence-electron chi connectivity index (χ0n) is 29.2. The number of aliphatic carboxylic acids is 1. The lowest BCUT2D eigenvalue weighted by Gasteiger charge is -2.36. The van der Waals surface area contributed by atoms with Crippen LogP contribution in [0.25, 0.3) is 32.3 Å². The molecule has 7 N–H and O–H groups in total. The van der Waals surface area contributed by atoms with Gasteiger partial charge in [-0.1, -0.05) is 13.8 Å². The number of piperazine rings is 1. The van der Waals surface area contributed by atoms with Crippen LogP contribution in [-0.2, 0) is 20.9 Å². The highest BCUT2D eigenvalue weighted by molar-refractivity contribution is 6.36. The number of carboxylic acid groups (broad SMARTS) is 1. The number of benzene rings is 4. The van der Waals surface area contributed by atoms with Crippen LogP contribution in [0.3, 0.4) is 0 Å². The lowest BCUT2D eigenvalue weighted by Crippen LogP contribution is -2.63. The first-order chi connectivity index (χ1) is 25.5. The normalized spacial score (nSPS) is 17.4. The van der Waals surface area contributed by atoms with Crippen molar-refractivity contribution in [3.8, 4) is 34.5 Å². The van der Waals surface area contributed by atoms with E-state index in [4.69, 9.17) is 4.74 Å². The van der Waals surface area contributed by atoms with E-state index in [1.54, 1.807) is 6.92 Å². The maximum absolute atomic E-state index is 14.5. The summed E-state index contributed by atoms with van der Waals surface area (Å²) >= 11 is 0. The Morgan fingerprint density at radius 2 is 1.43 bits per heavy atom. The van der Waals surface area contributed by atoms with Gasteiger partial charge in [0.2, 0.25) is 23.4 Å². The molecule has 3 unspecified atom stereocenters. The Labute approximate surface area is 304 Å². The number of phenols is 5. The quantitative estimate of drug-likeness (QED) is 0.0738. The molecule has 1 saturated heterocycles. The fourth-order valence-electron chi connectivity index (χ4n) is 7.56. The van der Waals surface area contributed by atoms with Crippen LogP contribution in [0.4, 0.5) is 0 Å². The standard InChI is InChI=1S/C38H33N3O13/c1-5-13(2)19-10-17-25(37(51)41(19)12-22(44)40-11-18(38(52)53)39-36(50)14(40)3)31(46)23-15(30(17)45)6-7-16-24(23)32(47)28-29(35(16)54-4)34(49)27-21(43)9-8-20(42)26(27)33(28)48/h6-10,13-14,18,42-43,45-47H,5,11-12H2,1-4H3,(H,39,50)(H,52,53). The summed E-state index contributed by atoms with van der Waals surface area (Å²) in [5.41, 5.74) is -2.82. The Kier molecular flexibility index (Phi) is 8.16. The van der Waals surface area contributed by atoms with Gasteiger partial charge in [0.05, 0.1) is 41.3 Å². The third-order valence-corrected chi connectivity index (χ3v) is 10.6. The number of methoxy groups -OCH3 is 1. The second-order valence-corrected chi connectivity index (χ2v) is 13.4. The second kappa shape index (κ2) is 12.4. The van der Waals surface area contributed by atoms with Crippen molar-refractivity contribution in [2.24, 2.45) is 0 Å². The van der Waals surface area contributed by atoms with Crippen LogP contribution in [0.15, 0.2) is 35.1 Å². The summed E-state index contributed by atoms with van der Waals surface area (Å²) < 4.78 is 6.65. The molecule has 0 spiro atoms. The van der Waals surface area contributed by atoms with Crippen LogP contribution in [0, 0.1) is 0 Å². The van der Waals surface area contributed by atoms with Crippen LogP contribution in [0.5, 0.6) is 34.5 Å². The van der Waals surface area contributed by atoms with Crippen molar-refractivity contribution in [2.75, 3.05) is 13.7 Å². The van der Waals surface area contributed by atoms with Crippen molar-refractivity contribution in [1.82, 2.24) is 14.8 Å². The average molecular weight is 740 g/mol. The zero-order chi connectivity index (χ0) is 39.2. The van der Waals surface area contributed by atoms with E-state index >= 15 is 0 Å². The van der Waals surface area contributed by atoms with Crippen LogP contribution in [-0.4, -0.2) is 95.2 Å². The molecule has 2 heterocycles. The molecule has 4 aromatic carbocycles. The highest BCUT2D eigenvalue weighted by Crippen LogP contribution is 2.53. The third kappa shape index (κ3) is 4.82. The minimum Gasteiger partial charge on any atom is -0.507 e. The number of ether oxygens (including phenoxy) is 1. The maximum Gasteiger partial charge on any atom is 0.328 e. The first-order valence-corrected chi connectivity index (χ1v) is 16.8. The third-order valence-electron chi connectivity index (χ3n) is 10.6. The molecule has 0 saturated carbocycles. The molecule has 0 bridgehead atoms. The van der Waals surface area contributed by atoms with Crippen molar-refractivity contribution in [1.29, 1.82) is 0 Å². The summed E-state index contributed by atoms with van der Waals surface area (Å²) in [5, 5.41) is 67.2. The van der Waals surface area contributed by atoms with E-state index in [0.29, 0.717) is 6.42 Å². The van der Waals surface area contributed by atoms with Gasteiger partial charge in [-0.2, -0.15) is 0 Å². The largest absolute Gasteiger partial charge is 0.507 e. The van der Waals surface area contributed by atoms with Crippen molar-refractivity contribution < 1.29 is 59.3 Å². The van der Waals surface area contributed by atoms with Gasteiger partial charge in [-0.3, -0.25) is 24.0 Å². The zero-order valence-corrected chi connectivity index (χ0v) is 29.2. The topological polar surface area (TPSA) is 253 Å². The predicted octanol–water partition coefficient (Wildman–Crippen LogP) is 2.93. The Balaban J connectivity index is 1.52. The summed E-state index contributed by atoms with van der Waals surface area (Å²) in [6.45, 7) is 3.95. The average Bonchev–Trinajstić information content (AvgIpc) is 3.14. The number of ketones is 2. The summed E-state index contributed by atoms with van der Waals surface area (Å²) in [5.74, 6) is -8.87. The van der Waals surface area contributed by atoms with Gasteiger partial charge >= 0.3 is 5.97 Å². The number of pyridine rings is 1. The van der Waals surface area contributed by atoms with E-state index in [9.17, 15) is 59.4 Å². The van der Waals surface area contributed by atoms with E-state index in [1.165, 1.54) is 32.2 Å². The highest BCUT2D eigenvalue weighted by atomic mass is 16.5. The van der Waals surface area contributed by atoms with Crippen LogP contribution in [0.2, 0.25) is 0 Å². The minimum absolute atomic E-state index is 0.0309. The lowest BCUT2D eigenvalue weighted by molar-refractivity contribution is -0.151. The van der Waals surface area contributed by atoms with Gasteiger partial charge < -0.3 is 50.2 Å². The molecule has 16 nitrogen and oxygen atoms in total. The Morgan fingerprint density at radius 1 is 0.833 bits per heavy atom. The molecular weight excluding hydrogens is 706 g/mol. The van der Waals surface area contributed by atoms with Crippen LogP contribution in [0.1, 0.15) is 70.6 Å². The summed E-state index contributed by atoms with van der Waals surface area (Å²) in [6, 6.07) is 3.73. The number of aromatic nitrogens is 1. The summed E-state index contributed by atoms with van der Waals surface area (Å²) in [7, 11) is 1.18. The van der Waals surface area contributed by atoms with E-state index < -0.39 is 110 Å². The fourth-order valence-corrected chi connectivity index (χ4v) is 7.56. The molecular formula is C38H33N3O13. The number of carbonyl (C=O) groups is 5. The number of carbonyl (C=O) groups excluding carboxylic acids is 4. The molecule has 0 radical (unpaired) electrons. The molecule has 1 fully saturated rings. The van der Waals surface area contributed by atoms with Crippen molar-refractivity contribution in [2.45, 2.75) is 51.7 Å². The molecule has 2 amide bonds. The Hall–Kier alpha value is -6.84. The van der Waals surface area contributed by atoms with E-state index in [0.717, 1.165) is 21.6 Å². The number of hydrogen-bond acceptors (Lipinski definition) is 12. The van der Waals surface area contributed by atoms with Crippen molar-refractivity contribution in [3.05, 3.63) is 68.6 Å². The first-order valence-electron chi connectivity index (χ1n) is 16.8. The maximum atomic E-state index is 14.5. The Morgan fingerprint density at radius 3 is 2.02 bits per heavy atom. The van der Waals surface area contributed by atoms with Gasteiger partial charge in [0, 0.05) is 32.6 Å². The van der Waals surface area contributed by atoms with Crippen molar-refractivity contribution >= 4 is 61.7 Å². The second-order valence-electron chi connectivity index (χ2n) is 13.4. The van der Waals surface area contributed by atoms with Crippen LogP contribution < -0.4 is 15.6 Å². The number of nitrogens with one attached hydrogen (secondary N) is 1. The lowest BCUT2D eigenvalue weighted by atomic mass is 9.79. The first kappa shape index (κ1) is 35.6. The molecule has 7 rings (SSSR count). The number of nitrogens with zero attached hydrogens (tertiary/aromatic N) is 2. The number of rotatable bonds is 6. The highest BCUT2D eigenvalue weighted by Gasteiger charge is 2.41. The molecule has 5 aromatic rings. The molecule has 1 aromatic heterocycles. The van der Waals surface area contributed by atoms with Crippen molar-refractivity contribution in [3.63, 3.8) is 0 Å². The number of fused-ring (bicyclic) bond motifs is 6. The molecule has 278 valence electrons. The van der Waals surface area contributed by atoms with Gasteiger partial charge in [0.25, 0.3) is 5.56 Å². The molecule has 3 atom stereocenters. The molecule has 1 aliphatic heterocycles. The minimum atomic E-state index is -1.39. The van der Waals surface area contributed by atoms with E-state index in [-0.39, 0.29) is 50.8 Å². The summed E-state index contributed by atoms with van der Waals surface area (Å²) in [4.78, 5) is 81.3. The van der Waals surface area contributed by atoms with Gasteiger partial charge in [0.1, 0.15) is 53.1 Å². The smallest absolute Gasteiger partial charge is 0.328 e. The summed E-state index contributed by atoms with van der Waals surface area (Å²) in [6.07, 6.45) is 0.468. The number of aromatic hydroxyl groups is 5. The molecule has 2 aliphatic rings. The number of carboxylic acids is 1. The van der Waals surface area contributed by atoms with Gasteiger partial charge in [-0.25, -0.2) is 4.79 Å². The predicted molar refractivity (Wildman–Crippen MR) is 191 cm³/mol.